The Labute approximate surface area is 366 Å². The van der Waals surface area contributed by atoms with Gasteiger partial charge in [-0.05, 0) is 32.0 Å². The Hall–Kier alpha value is -4.07. The summed E-state index contributed by atoms with van der Waals surface area (Å²) in [5.74, 6) is -2.93. The second kappa shape index (κ2) is 19.6. The van der Waals surface area contributed by atoms with Crippen molar-refractivity contribution in [2.75, 3.05) is 20.3 Å². The topological polar surface area (TPSA) is 397 Å². The maximum Gasteiger partial charge on any atom is 0.239 e. The molecule has 4 saturated heterocycles. The van der Waals surface area contributed by atoms with Gasteiger partial charge in [0.15, 0.2) is 35.9 Å². The highest BCUT2D eigenvalue weighted by Crippen LogP contribution is 2.41. The summed E-state index contributed by atoms with van der Waals surface area (Å²) in [5, 5.41) is 147. The van der Waals surface area contributed by atoms with Gasteiger partial charge < -0.3 is 119 Å². The molecular formula is C40H52O25. The van der Waals surface area contributed by atoms with Gasteiger partial charge in [-0.25, -0.2) is 0 Å². The molecule has 14 N–H and O–H groups in total. The predicted molar refractivity (Wildman–Crippen MR) is 209 cm³/mol. The van der Waals surface area contributed by atoms with Crippen molar-refractivity contribution in [3.63, 3.8) is 0 Å². The van der Waals surface area contributed by atoms with Crippen LogP contribution in [0.1, 0.15) is 13.8 Å². The number of methoxy groups -OCH3 is 1. The molecule has 0 radical (unpaired) electrons. The molecule has 4 fully saturated rings. The van der Waals surface area contributed by atoms with E-state index in [9.17, 15) is 76.3 Å². The molecule has 1 aromatic heterocycles. The minimum Gasteiger partial charge on any atom is -0.507 e. The van der Waals surface area contributed by atoms with Gasteiger partial charge in [0.25, 0.3) is 0 Å². The van der Waals surface area contributed by atoms with Gasteiger partial charge in [-0.1, -0.05) is 0 Å². The van der Waals surface area contributed by atoms with E-state index in [0.717, 1.165) is 18.2 Å². The molecule has 0 aliphatic carbocycles. The standard InChI is InChI=1S/C40H52O25/c1-11-22(44)27(49)31(53)37(58-11)57-10-20-25(47)30(52)36(65-38-32(54)28(50)23(45)12(2)59-38)40(63-20)64-35-26(48)21-16(43)7-14(60-39-33(55)29(51)24(46)19(9-41)62-39)8-18(21)61-34(35)13-4-5-15(42)17(6-13)56-3/h4-8,11-12,19-20,22-25,27-33,36-47,49-55H,9-10H2,1-3H3. The third-order valence-corrected chi connectivity index (χ3v) is 11.7. The van der Waals surface area contributed by atoms with E-state index in [4.69, 9.17) is 47.0 Å². The summed E-state index contributed by atoms with van der Waals surface area (Å²) in [7, 11) is 1.22. The van der Waals surface area contributed by atoms with Crippen LogP contribution in [0.4, 0.5) is 0 Å². The van der Waals surface area contributed by atoms with E-state index in [1.807, 2.05) is 0 Å². The van der Waals surface area contributed by atoms with Crippen LogP contribution in [0.25, 0.3) is 22.3 Å². The maximum absolute atomic E-state index is 14.6. The summed E-state index contributed by atoms with van der Waals surface area (Å²) in [4.78, 5) is 14.6. The van der Waals surface area contributed by atoms with Gasteiger partial charge in [0.05, 0.1) is 32.5 Å². The Morgan fingerprint density at radius 3 is 1.83 bits per heavy atom. The van der Waals surface area contributed by atoms with Gasteiger partial charge in [-0.2, -0.15) is 0 Å². The fourth-order valence-corrected chi connectivity index (χ4v) is 7.76. The van der Waals surface area contributed by atoms with E-state index in [2.05, 4.69) is 0 Å². The second-order valence-electron chi connectivity index (χ2n) is 16.0. The van der Waals surface area contributed by atoms with Crippen molar-refractivity contribution in [2.24, 2.45) is 0 Å². The lowest BCUT2D eigenvalue weighted by atomic mass is 9.97. The smallest absolute Gasteiger partial charge is 0.239 e. The lowest BCUT2D eigenvalue weighted by molar-refractivity contribution is -0.360. The molecule has 20 atom stereocenters. The zero-order valence-electron chi connectivity index (χ0n) is 34.6. The van der Waals surface area contributed by atoms with Crippen LogP contribution < -0.4 is 19.6 Å². The highest BCUT2D eigenvalue weighted by molar-refractivity contribution is 5.88. The van der Waals surface area contributed by atoms with Crippen LogP contribution in [0.2, 0.25) is 0 Å². The zero-order valence-corrected chi connectivity index (χ0v) is 34.6. The number of benzene rings is 2. The van der Waals surface area contributed by atoms with Gasteiger partial charge in [0.2, 0.25) is 23.8 Å². The zero-order chi connectivity index (χ0) is 47.3. The van der Waals surface area contributed by atoms with Crippen molar-refractivity contribution < 1.29 is 119 Å². The average Bonchev–Trinajstić information content (AvgIpc) is 3.28. The first-order valence-electron chi connectivity index (χ1n) is 20.3. The third kappa shape index (κ3) is 9.44. The lowest BCUT2D eigenvalue weighted by Crippen LogP contribution is -2.65. The maximum atomic E-state index is 14.6. The van der Waals surface area contributed by atoms with Crippen LogP contribution >= 0.6 is 0 Å². The predicted octanol–water partition coefficient (Wildman–Crippen LogP) is -5.06. The molecular weight excluding hydrogens is 880 g/mol. The number of fused-ring (bicyclic) bond motifs is 1. The number of aliphatic hydroxyl groups is 12. The molecule has 0 amide bonds. The number of hydrogen-bond donors (Lipinski definition) is 14. The van der Waals surface area contributed by atoms with Crippen molar-refractivity contribution in [3.8, 4) is 40.1 Å². The van der Waals surface area contributed by atoms with Crippen LogP contribution in [-0.4, -0.2) is 215 Å². The quantitative estimate of drug-likeness (QED) is 0.0808. The van der Waals surface area contributed by atoms with E-state index >= 15 is 0 Å². The number of aromatic hydroxyl groups is 2. The molecule has 0 saturated carbocycles. The largest absolute Gasteiger partial charge is 0.507 e. The molecule has 5 heterocycles. The van der Waals surface area contributed by atoms with Crippen LogP contribution in [0, 0.1) is 0 Å². The summed E-state index contributed by atoms with van der Waals surface area (Å²) in [6.07, 6.45) is -34.3. The van der Waals surface area contributed by atoms with Crippen molar-refractivity contribution in [2.45, 2.75) is 137 Å². The Kier molecular flexibility index (Phi) is 14.8. The molecule has 362 valence electrons. The Bertz CT molecular complexity index is 2170. The Morgan fingerprint density at radius 2 is 1.18 bits per heavy atom. The monoisotopic (exact) mass is 932 g/mol. The fraction of sp³-hybridized carbons (Fsp3) is 0.625. The normalized spacial score (nSPS) is 40.1. The first-order chi connectivity index (χ1) is 30.7. The molecule has 25 heteroatoms. The average molecular weight is 933 g/mol. The van der Waals surface area contributed by atoms with Crippen LogP contribution in [0.15, 0.2) is 39.5 Å². The van der Waals surface area contributed by atoms with Gasteiger partial charge in [-0.15, -0.1) is 0 Å². The van der Waals surface area contributed by atoms with E-state index in [-0.39, 0.29) is 22.8 Å². The number of phenols is 2. The molecule has 20 unspecified atom stereocenters. The Balaban J connectivity index is 1.29. The summed E-state index contributed by atoms with van der Waals surface area (Å²) in [5.41, 5.74) is -1.62. The molecule has 0 bridgehead atoms. The van der Waals surface area contributed by atoms with E-state index in [1.165, 1.54) is 33.1 Å². The van der Waals surface area contributed by atoms with Gasteiger partial charge in [0, 0.05) is 17.7 Å². The van der Waals surface area contributed by atoms with Crippen molar-refractivity contribution in [3.05, 3.63) is 40.6 Å². The molecule has 2 aromatic carbocycles. The Morgan fingerprint density at radius 1 is 0.600 bits per heavy atom. The molecule has 25 nitrogen and oxygen atoms in total. The van der Waals surface area contributed by atoms with Gasteiger partial charge >= 0.3 is 0 Å². The highest BCUT2D eigenvalue weighted by Gasteiger charge is 2.52. The molecule has 4 aliphatic rings. The summed E-state index contributed by atoms with van der Waals surface area (Å²) < 4.78 is 57.2. The van der Waals surface area contributed by atoms with Crippen molar-refractivity contribution >= 4 is 11.0 Å². The highest BCUT2D eigenvalue weighted by atomic mass is 16.8. The van der Waals surface area contributed by atoms with Crippen LogP contribution in [-0.2, 0) is 28.4 Å². The third-order valence-electron chi connectivity index (χ3n) is 11.7. The SMILES string of the molecule is COc1cc(-c2oc3cc(OC4OC(CO)C(O)C(O)C4O)cc(O)c3c(=O)c2OC2OC(COC3OC(C)C(O)C(O)C3O)C(O)C(O)C2OC2OC(C)C(O)C(O)C2O)ccc1O. The van der Waals surface area contributed by atoms with Crippen LogP contribution in [0.5, 0.6) is 28.7 Å². The molecule has 4 aliphatic heterocycles. The summed E-state index contributed by atoms with van der Waals surface area (Å²) in [6.45, 7) is 1.21. The minimum atomic E-state index is -2.10. The first kappa shape index (κ1) is 48.9. The van der Waals surface area contributed by atoms with Crippen LogP contribution in [0.3, 0.4) is 0 Å². The lowest BCUT2D eigenvalue weighted by Gasteiger charge is -2.46. The second-order valence-corrected chi connectivity index (χ2v) is 16.0. The van der Waals surface area contributed by atoms with Gasteiger partial charge in [0.1, 0.15) is 102 Å². The number of rotatable bonds is 12. The first-order valence-corrected chi connectivity index (χ1v) is 20.3. The number of aliphatic hydroxyl groups excluding tert-OH is 12. The summed E-state index contributed by atoms with van der Waals surface area (Å²) >= 11 is 0. The number of hydrogen-bond acceptors (Lipinski definition) is 25. The molecule has 0 spiro atoms. The van der Waals surface area contributed by atoms with Crippen molar-refractivity contribution in [1.29, 1.82) is 0 Å². The summed E-state index contributed by atoms with van der Waals surface area (Å²) in [6, 6.07) is 5.60. The number of ether oxygens (including phenoxy) is 9. The van der Waals surface area contributed by atoms with E-state index < -0.39 is 170 Å². The molecule has 3 aromatic rings. The van der Waals surface area contributed by atoms with E-state index in [1.54, 1.807) is 0 Å². The fourth-order valence-electron chi connectivity index (χ4n) is 7.76. The van der Waals surface area contributed by atoms with Crippen molar-refractivity contribution in [1.82, 2.24) is 0 Å². The minimum absolute atomic E-state index is 0.0441. The van der Waals surface area contributed by atoms with Gasteiger partial charge in [-0.3, -0.25) is 4.79 Å². The van der Waals surface area contributed by atoms with E-state index in [0.29, 0.717) is 0 Å². The number of phenolic OH excluding ortho intramolecular Hbond substituents is 2. The molecule has 65 heavy (non-hydrogen) atoms. The molecule has 7 rings (SSSR count).